The molecule has 0 aromatic rings. The van der Waals surface area contributed by atoms with Crippen LogP contribution in [0.15, 0.2) is 12.3 Å². The van der Waals surface area contributed by atoms with Crippen molar-refractivity contribution < 1.29 is 9.78 Å². The molecule has 0 radical (unpaired) electrons. The Labute approximate surface area is 75.5 Å². The van der Waals surface area contributed by atoms with Gasteiger partial charge in [0.2, 0.25) is 0 Å². The molecule has 0 aliphatic carbocycles. The van der Waals surface area contributed by atoms with E-state index in [2.05, 4.69) is 20.8 Å². The second kappa shape index (κ2) is 3.94. The fourth-order valence-electron chi connectivity index (χ4n) is 0.404. The van der Waals surface area contributed by atoms with Crippen LogP contribution in [-0.2, 0) is 9.78 Å². The fraction of sp³-hybridized carbons (Fsp3) is 0.800. The highest BCUT2D eigenvalue weighted by Crippen LogP contribution is 2.15. The Morgan fingerprint density at radius 1 is 0.917 bits per heavy atom. The van der Waals surface area contributed by atoms with E-state index in [4.69, 9.17) is 9.78 Å². The standard InChI is InChI=1S/C10H20O2/c1-9(2,3)7-8-11-12-10(4,5)6/h7-8H,1-6H3/b8-7-. The number of allylic oxidation sites excluding steroid dienone is 1. The van der Waals surface area contributed by atoms with Crippen LogP contribution in [0.3, 0.4) is 0 Å². The van der Waals surface area contributed by atoms with Gasteiger partial charge in [-0.05, 0) is 32.3 Å². The number of hydrogen-bond acceptors (Lipinski definition) is 2. The molecule has 0 aromatic heterocycles. The van der Waals surface area contributed by atoms with E-state index in [1.807, 2.05) is 26.8 Å². The molecule has 0 fully saturated rings. The maximum absolute atomic E-state index is 5.04. The summed E-state index contributed by atoms with van der Waals surface area (Å²) in [6.07, 6.45) is 3.55. The minimum Gasteiger partial charge on any atom is -0.345 e. The van der Waals surface area contributed by atoms with Gasteiger partial charge in [-0.25, -0.2) is 0 Å². The van der Waals surface area contributed by atoms with Gasteiger partial charge in [0.15, 0.2) is 0 Å². The summed E-state index contributed by atoms with van der Waals surface area (Å²) in [6.45, 7) is 12.1. The first-order valence-electron chi connectivity index (χ1n) is 4.23. The Hall–Kier alpha value is -0.500. The van der Waals surface area contributed by atoms with E-state index in [-0.39, 0.29) is 11.0 Å². The predicted molar refractivity (Wildman–Crippen MR) is 50.5 cm³/mol. The minimum atomic E-state index is -0.248. The molecule has 0 unspecified atom stereocenters. The molecule has 0 N–H and O–H groups in total. The normalized spacial score (nSPS) is 13.8. The van der Waals surface area contributed by atoms with Gasteiger partial charge in [-0.15, -0.1) is 0 Å². The molecule has 0 aliphatic heterocycles. The van der Waals surface area contributed by atoms with Crippen LogP contribution in [0.5, 0.6) is 0 Å². The lowest BCUT2D eigenvalue weighted by atomic mass is 9.97. The molecule has 0 atom stereocenters. The third-order valence-corrected chi connectivity index (χ3v) is 0.922. The molecule has 2 nitrogen and oxygen atoms in total. The molecule has 0 saturated carbocycles. The van der Waals surface area contributed by atoms with E-state index in [9.17, 15) is 0 Å². The Bertz CT molecular complexity index is 146. The van der Waals surface area contributed by atoms with Crippen molar-refractivity contribution in [3.8, 4) is 0 Å². The summed E-state index contributed by atoms with van der Waals surface area (Å²) in [5, 5.41) is 0. The smallest absolute Gasteiger partial charge is 0.126 e. The largest absolute Gasteiger partial charge is 0.345 e. The zero-order valence-electron chi connectivity index (χ0n) is 8.97. The molecule has 0 aliphatic rings. The average Bonchev–Trinajstić information content (AvgIpc) is 1.76. The average molecular weight is 172 g/mol. The van der Waals surface area contributed by atoms with Gasteiger partial charge in [0.1, 0.15) is 11.9 Å². The fourth-order valence-corrected chi connectivity index (χ4v) is 0.404. The Kier molecular flexibility index (Phi) is 3.78. The van der Waals surface area contributed by atoms with Gasteiger partial charge in [-0.3, -0.25) is 0 Å². The molecule has 72 valence electrons. The van der Waals surface area contributed by atoms with Gasteiger partial charge in [0.05, 0.1) is 0 Å². The minimum absolute atomic E-state index is 0.140. The summed E-state index contributed by atoms with van der Waals surface area (Å²) in [5.41, 5.74) is -0.108. The number of hydrogen-bond donors (Lipinski definition) is 0. The third-order valence-electron chi connectivity index (χ3n) is 0.922. The van der Waals surface area contributed by atoms with E-state index < -0.39 is 0 Å². The Morgan fingerprint density at radius 3 is 1.75 bits per heavy atom. The molecule has 0 saturated heterocycles. The third kappa shape index (κ3) is 9.50. The summed E-state index contributed by atoms with van der Waals surface area (Å²) >= 11 is 0. The summed E-state index contributed by atoms with van der Waals surface area (Å²) in [7, 11) is 0. The van der Waals surface area contributed by atoms with Gasteiger partial charge in [0.25, 0.3) is 0 Å². The van der Waals surface area contributed by atoms with Crippen LogP contribution in [0.25, 0.3) is 0 Å². The summed E-state index contributed by atoms with van der Waals surface area (Å²) in [5.74, 6) is 0. The number of rotatable bonds is 2. The highest BCUT2D eigenvalue weighted by molar-refractivity contribution is 4.86. The Morgan fingerprint density at radius 2 is 1.42 bits per heavy atom. The molecular formula is C10H20O2. The van der Waals surface area contributed by atoms with Crippen molar-refractivity contribution in [2.45, 2.75) is 47.1 Å². The van der Waals surface area contributed by atoms with E-state index in [1.54, 1.807) is 6.26 Å². The lowest BCUT2D eigenvalue weighted by Gasteiger charge is -2.16. The SMILES string of the molecule is CC(C)(C)/C=C\OOC(C)(C)C. The van der Waals surface area contributed by atoms with Crippen molar-refractivity contribution in [1.82, 2.24) is 0 Å². The lowest BCUT2D eigenvalue weighted by Crippen LogP contribution is -2.17. The van der Waals surface area contributed by atoms with Crippen molar-refractivity contribution in [1.29, 1.82) is 0 Å². The van der Waals surface area contributed by atoms with E-state index in [0.717, 1.165) is 0 Å². The summed E-state index contributed by atoms with van der Waals surface area (Å²) < 4.78 is 0. The molecular weight excluding hydrogens is 152 g/mol. The van der Waals surface area contributed by atoms with Gasteiger partial charge in [0, 0.05) is 0 Å². The van der Waals surface area contributed by atoms with Crippen molar-refractivity contribution >= 4 is 0 Å². The van der Waals surface area contributed by atoms with Gasteiger partial charge >= 0.3 is 0 Å². The molecule has 0 amide bonds. The first-order chi connectivity index (χ1) is 5.21. The summed E-state index contributed by atoms with van der Waals surface area (Å²) in [4.78, 5) is 9.93. The van der Waals surface area contributed by atoms with Crippen LogP contribution < -0.4 is 0 Å². The van der Waals surface area contributed by atoms with E-state index in [0.29, 0.717) is 0 Å². The van der Waals surface area contributed by atoms with Crippen molar-refractivity contribution in [2.75, 3.05) is 0 Å². The summed E-state index contributed by atoms with van der Waals surface area (Å²) in [6, 6.07) is 0. The molecule has 0 rings (SSSR count). The zero-order chi connectivity index (χ0) is 9.83. The topological polar surface area (TPSA) is 18.5 Å². The molecule has 0 heterocycles. The second-order valence-corrected chi connectivity index (χ2v) is 4.96. The van der Waals surface area contributed by atoms with Crippen LogP contribution in [-0.4, -0.2) is 5.60 Å². The van der Waals surface area contributed by atoms with E-state index >= 15 is 0 Å². The van der Waals surface area contributed by atoms with Crippen LogP contribution in [0.2, 0.25) is 0 Å². The highest BCUT2D eigenvalue weighted by atomic mass is 17.2. The highest BCUT2D eigenvalue weighted by Gasteiger charge is 2.11. The van der Waals surface area contributed by atoms with E-state index in [1.165, 1.54) is 0 Å². The van der Waals surface area contributed by atoms with Crippen LogP contribution in [0, 0.1) is 5.41 Å². The predicted octanol–water partition coefficient (Wildman–Crippen LogP) is 3.29. The maximum atomic E-state index is 5.04. The molecule has 0 aromatic carbocycles. The van der Waals surface area contributed by atoms with Crippen LogP contribution in [0.1, 0.15) is 41.5 Å². The van der Waals surface area contributed by atoms with Crippen molar-refractivity contribution in [3.63, 3.8) is 0 Å². The van der Waals surface area contributed by atoms with Crippen molar-refractivity contribution in [2.24, 2.45) is 5.41 Å². The quantitative estimate of drug-likeness (QED) is 0.361. The molecule has 2 heteroatoms. The maximum Gasteiger partial charge on any atom is 0.126 e. The van der Waals surface area contributed by atoms with Gasteiger partial charge in [-0.1, -0.05) is 20.8 Å². The van der Waals surface area contributed by atoms with Crippen LogP contribution in [0.4, 0.5) is 0 Å². The monoisotopic (exact) mass is 172 g/mol. The molecule has 0 bridgehead atoms. The van der Waals surface area contributed by atoms with Gasteiger partial charge in [-0.2, -0.15) is 4.89 Å². The zero-order valence-corrected chi connectivity index (χ0v) is 8.97. The molecule has 0 spiro atoms. The van der Waals surface area contributed by atoms with Gasteiger partial charge < -0.3 is 4.89 Å². The Balaban J connectivity index is 3.64. The first-order valence-corrected chi connectivity index (χ1v) is 4.23. The molecule has 12 heavy (non-hydrogen) atoms. The lowest BCUT2D eigenvalue weighted by molar-refractivity contribution is -0.310. The first kappa shape index (κ1) is 11.5. The van der Waals surface area contributed by atoms with Crippen LogP contribution >= 0.6 is 0 Å². The second-order valence-electron chi connectivity index (χ2n) is 4.96. The van der Waals surface area contributed by atoms with Crippen molar-refractivity contribution in [3.05, 3.63) is 12.3 Å².